The molecule has 32 heavy (non-hydrogen) atoms. The van der Waals surface area contributed by atoms with E-state index in [0.717, 1.165) is 5.56 Å². The molecule has 0 N–H and O–H groups in total. The summed E-state index contributed by atoms with van der Waals surface area (Å²) >= 11 is -1.64. The van der Waals surface area contributed by atoms with Crippen LogP contribution in [0.25, 0.3) is 0 Å². The van der Waals surface area contributed by atoms with Crippen LogP contribution in [-0.2, 0) is 25.1 Å². The molecule has 5 nitrogen and oxygen atoms in total. The average Bonchev–Trinajstić information content (AvgIpc) is 2.82. The van der Waals surface area contributed by atoms with Gasteiger partial charge in [0.05, 0.1) is 22.2 Å². The van der Waals surface area contributed by atoms with E-state index in [4.69, 9.17) is 4.18 Å². The van der Waals surface area contributed by atoms with Gasteiger partial charge in [0.1, 0.15) is 0 Å². The summed E-state index contributed by atoms with van der Waals surface area (Å²) in [5.41, 5.74) is 1.56. The van der Waals surface area contributed by atoms with Crippen molar-refractivity contribution in [1.29, 1.82) is 0 Å². The second-order valence-corrected chi connectivity index (χ2v) is 10.8. The summed E-state index contributed by atoms with van der Waals surface area (Å²) in [5.74, 6) is -0.854. The molecule has 0 amide bonds. The molecule has 0 saturated heterocycles. The van der Waals surface area contributed by atoms with Gasteiger partial charge in [-0.05, 0) is 44.0 Å². The molecule has 0 aliphatic rings. The number of ketones is 1. The number of carbonyl (C=O) groups is 1. The van der Waals surface area contributed by atoms with Crippen LogP contribution in [0.15, 0.2) is 94.7 Å². The Labute approximate surface area is 192 Å². The molecule has 3 aromatic carbocycles. The van der Waals surface area contributed by atoms with Crippen LogP contribution in [0.5, 0.6) is 0 Å². The Morgan fingerprint density at radius 2 is 1.47 bits per heavy atom. The van der Waals surface area contributed by atoms with Crippen molar-refractivity contribution in [2.45, 2.75) is 29.6 Å². The maximum absolute atomic E-state index is 13.1. The molecule has 0 heterocycles. The first-order chi connectivity index (χ1) is 15.4. The Kier molecular flexibility index (Phi) is 8.50. The van der Waals surface area contributed by atoms with Gasteiger partial charge in [0.15, 0.2) is 26.7 Å². The molecule has 0 saturated carbocycles. The normalized spacial score (nSPS) is 13.4. The van der Waals surface area contributed by atoms with E-state index in [2.05, 4.69) is 0 Å². The van der Waals surface area contributed by atoms with E-state index in [1.54, 1.807) is 66.7 Å². The van der Waals surface area contributed by atoms with Gasteiger partial charge in [-0.2, -0.15) is 0 Å². The van der Waals surface area contributed by atoms with Gasteiger partial charge in [0.2, 0.25) is 0 Å². The molecule has 0 aliphatic heterocycles. The SMILES string of the molecule is Cc1ccc(C(=O)C(CCOS(=O)c2ccccc2)CCS(=O)(=O)c2ccccc2)cc1. The predicted octanol–water partition coefficient (Wildman–Crippen LogP) is 4.79. The molecule has 2 atom stereocenters. The van der Waals surface area contributed by atoms with Crippen molar-refractivity contribution in [3.63, 3.8) is 0 Å². The highest BCUT2D eigenvalue weighted by Crippen LogP contribution is 2.21. The molecule has 3 rings (SSSR count). The van der Waals surface area contributed by atoms with Crippen LogP contribution in [0.1, 0.15) is 28.8 Å². The predicted molar refractivity (Wildman–Crippen MR) is 126 cm³/mol. The molecule has 7 heteroatoms. The van der Waals surface area contributed by atoms with Gasteiger partial charge in [-0.15, -0.1) is 0 Å². The fourth-order valence-corrected chi connectivity index (χ4v) is 5.43. The Hall–Kier alpha value is -2.61. The number of carbonyl (C=O) groups excluding carboxylic acids is 1. The maximum atomic E-state index is 13.1. The van der Waals surface area contributed by atoms with Crippen molar-refractivity contribution in [3.05, 3.63) is 96.1 Å². The van der Waals surface area contributed by atoms with E-state index in [0.29, 0.717) is 10.5 Å². The standard InChI is InChI=1S/C25H26O5S2/c1-20-12-14-21(15-13-20)25(26)22(16-18-30-31(27)23-8-4-2-5-9-23)17-19-32(28,29)24-10-6-3-7-11-24/h2-15,22H,16-19H2,1H3. The van der Waals surface area contributed by atoms with Crippen molar-refractivity contribution < 1.29 is 21.6 Å². The lowest BCUT2D eigenvalue weighted by Gasteiger charge is -2.16. The van der Waals surface area contributed by atoms with Crippen molar-refractivity contribution in [2.24, 2.45) is 5.92 Å². The second-order valence-electron chi connectivity index (χ2n) is 7.51. The molecule has 3 aromatic rings. The Balaban J connectivity index is 1.69. The van der Waals surface area contributed by atoms with Crippen LogP contribution in [-0.4, -0.2) is 30.8 Å². The zero-order valence-electron chi connectivity index (χ0n) is 17.8. The van der Waals surface area contributed by atoms with Gasteiger partial charge in [-0.25, -0.2) is 12.6 Å². The number of rotatable bonds is 11. The van der Waals surface area contributed by atoms with Gasteiger partial charge in [-0.3, -0.25) is 8.98 Å². The van der Waals surface area contributed by atoms with Crippen molar-refractivity contribution >= 4 is 26.7 Å². The van der Waals surface area contributed by atoms with E-state index in [-0.39, 0.29) is 35.9 Å². The number of aryl methyl sites for hydroxylation is 1. The summed E-state index contributed by atoms with van der Waals surface area (Å²) in [6.07, 6.45) is 0.431. The highest BCUT2D eigenvalue weighted by atomic mass is 32.2. The Morgan fingerprint density at radius 3 is 2.09 bits per heavy atom. The van der Waals surface area contributed by atoms with Crippen LogP contribution in [0.3, 0.4) is 0 Å². The Bertz CT molecular complexity index is 1140. The highest BCUT2D eigenvalue weighted by Gasteiger charge is 2.24. The third-order valence-corrected chi connectivity index (χ3v) is 7.94. The van der Waals surface area contributed by atoms with E-state index < -0.39 is 26.8 Å². The molecule has 168 valence electrons. The summed E-state index contributed by atoms with van der Waals surface area (Å²) in [6, 6.07) is 24.2. The first-order valence-corrected chi connectivity index (χ1v) is 13.1. The minimum Gasteiger partial charge on any atom is -0.294 e. The molecule has 0 bridgehead atoms. The van der Waals surface area contributed by atoms with Gasteiger partial charge in [0, 0.05) is 11.5 Å². The average molecular weight is 471 g/mol. The topological polar surface area (TPSA) is 77.5 Å². The minimum absolute atomic E-state index is 0.0785. The smallest absolute Gasteiger partial charge is 0.189 e. The van der Waals surface area contributed by atoms with Crippen LogP contribution in [0.4, 0.5) is 0 Å². The van der Waals surface area contributed by atoms with E-state index >= 15 is 0 Å². The molecule has 0 aromatic heterocycles. The summed E-state index contributed by atoms with van der Waals surface area (Å²) in [7, 11) is -3.52. The van der Waals surface area contributed by atoms with E-state index in [1.807, 2.05) is 25.1 Å². The highest BCUT2D eigenvalue weighted by molar-refractivity contribution is 7.91. The number of benzene rings is 3. The number of sulfone groups is 1. The zero-order valence-corrected chi connectivity index (χ0v) is 19.5. The lowest BCUT2D eigenvalue weighted by molar-refractivity contribution is 0.0898. The first kappa shape index (κ1) is 24.0. The van der Waals surface area contributed by atoms with Gasteiger partial charge in [0.25, 0.3) is 0 Å². The molecule has 0 fully saturated rings. The van der Waals surface area contributed by atoms with Crippen molar-refractivity contribution in [3.8, 4) is 0 Å². The monoisotopic (exact) mass is 470 g/mol. The molecule has 2 unspecified atom stereocenters. The largest absolute Gasteiger partial charge is 0.294 e. The fraction of sp³-hybridized carbons (Fsp3) is 0.240. The molecular weight excluding hydrogens is 444 g/mol. The third kappa shape index (κ3) is 6.69. The summed E-state index contributed by atoms with van der Waals surface area (Å²) in [5, 5.41) is 0. The van der Waals surface area contributed by atoms with Gasteiger partial charge >= 0.3 is 0 Å². The van der Waals surface area contributed by atoms with Gasteiger partial charge in [-0.1, -0.05) is 66.2 Å². The quantitative estimate of drug-likeness (QED) is 0.377. The number of hydrogen-bond acceptors (Lipinski definition) is 5. The number of Topliss-reactive ketones (excluding diaryl/α,β-unsaturated/α-hetero) is 1. The van der Waals surface area contributed by atoms with Crippen molar-refractivity contribution in [2.75, 3.05) is 12.4 Å². The van der Waals surface area contributed by atoms with Gasteiger partial charge < -0.3 is 0 Å². The van der Waals surface area contributed by atoms with Crippen LogP contribution in [0.2, 0.25) is 0 Å². The summed E-state index contributed by atoms with van der Waals surface area (Å²) < 4.78 is 43.2. The molecule has 0 radical (unpaired) electrons. The first-order valence-electron chi connectivity index (χ1n) is 10.4. The number of hydrogen-bond donors (Lipinski definition) is 0. The maximum Gasteiger partial charge on any atom is 0.189 e. The van der Waals surface area contributed by atoms with E-state index in [1.165, 1.54) is 0 Å². The zero-order chi connectivity index (χ0) is 23.0. The molecule has 0 spiro atoms. The second kappa shape index (κ2) is 11.3. The third-order valence-electron chi connectivity index (χ3n) is 5.14. The Morgan fingerprint density at radius 1 is 0.875 bits per heavy atom. The van der Waals surface area contributed by atoms with E-state index in [9.17, 15) is 17.4 Å². The lowest BCUT2D eigenvalue weighted by atomic mass is 9.92. The molecule has 0 aliphatic carbocycles. The minimum atomic E-state index is -3.52. The fourth-order valence-electron chi connectivity index (χ4n) is 3.27. The van der Waals surface area contributed by atoms with Crippen molar-refractivity contribution in [1.82, 2.24) is 0 Å². The summed E-state index contributed by atoms with van der Waals surface area (Å²) in [4.78, 5) is 13.9. The lowest BCUT2D eigenvalue weighted by Crippen LogP contribution is -2.21. The molecular formula is C25H26O5S2. The van der Waals surface area contributed by atoms with Crippen LogP contribution in [0, 0.1) is 12.8 Å². The summed E-state index contributed by atoms with van der Waals surface area (Å²) in [6.45, 7) is 2.01. The van der Waals surface area contributed by atoms with Crippen LogP contribution >= 0.6 is 0 Å². The van der Waals surface area contributed by atoms with Crippen LogP contribution < -0.4 is 0 Å².